The molecule has 0 saturated heterocycles. The van der Waals surface area contributed by atoms with Crippen molar-refractivity contribution in [3.8, 4) is 5.75 Å². The molecule has 16 heavy (non-hydrogen) atoms. The molecular weight excluding hydrogens is 487 g/mol. The second-order valence-electron chi connectivity index (χ2n) is 3.02. The van der Waals surface area contributed by atoms with Crippen molar-refractivity contribution in [1.82, 2.24) is 0 Å². The third kappa shape index (κ3) is 2.58. The molecule has 0 aliphatic rings. The van der Waals surface area contributed by atoms with E-state index in [4.69, 9.17) is 4.42 Å². The van der Waals surface area contributed by atoms with Crippen LogP contribution in [0.5, 0.6) is 5.75 Å². The molecule has 79 valence electrons. The van der Waals surface area contributed by atoms with Crippen molar-refractivity contribution < 1.29 is 53.6 Å². The zero-order valence-corrected chi connectivity index (χ0v) is 14.6. The van der Waals surface area contributed by atoms with Gasteiger partial charge in [0.2, 0.25) is 0 Å². The van der Waals surface area contributed by atoms with E-state index in [9.17, 15) is 9.90 Å². The molecule has 1 aromatic heterocycles. The molecule has 0 spiro atoms. The normalized spacial score (nSPS) is 9.81. The summed E-state index contributed by atoms with van der Waals surface area (Å²) in [6, 6.07) is 4.44. The van der Waals surface area contributed by atoms with Crippen LogP contribution < -0.4 is 5.63 Å². The van der Waals surface area contributed by atoms with Gasteiger partial charge in [0.05, 0.1) is 4.47 Å². The topological polar surface area (TPSA) is 50.4 Å². The van der Waals surface area contributed by atoms with Gasteiger partial charge in [-0.25, -0.2) is 4.79 Å². The van der Waals surface area contributed by atoms with Crippen molar-refractivity contribution in [3.63, 3.8) is 0 Å². The van der Waals surface area contributed by atoms with Gasteiger partial charge in [-0.2, -0.15) is 0 Å². The Bertz CT molecular complexity index is 604. The predicted octanol–water partition coefficient (Wildman–Crippen LogP) is 2.90. The van der Waals surface area contributed by atoms with Gasteiger partial charge < -0.3 is 9.52 Å². The Morgan fingerprint density at radius 2 is 2.06 bits per heavy atom. The maximum atomic E-state index is 11.2. The summed E-state index contributed by atoms with van der Waals surface area (Å²) in [5.74, 6) is 0.0341. The molecule has 0 bridgehead atoms. The predicted molar refractivity (Wildman–Crippen MR) is 61.9 cm³/mol. The molecule has 1 radical (unpaired) electrons. The van der Waals surface area contributed by atoms with Crippen molar-refractivity contribution in [1.29, 1.82) is 0 Å². The van der Waals surface area contributed by atoms with Crippen LogP contribution in [0.4, 0.5) is 0 Å². The average Bonchev–Trinajstić information content (AvgIpc) is 2.19. The molecule has 2 rings (SSSR count). The second-order valence-corrected chi connectivity index (χ2v) is 3.88. The summed E-state index contributed by atoms with van der Waals surface area (Å²) in [4.78, 5) is 11.2. The molecule has 0 aliphatic carbocycles. The Morgan fingerprint density at radius 3 is 2.69 bits per heavy atom. The van der Waals surface area contributed by atoms with Crippen LogP contribution in [-0.2, 0) is 0 Å². The maximum Gasteiger partial charge on any atom is 0.336 e. The van der Waals surface area contributed by atoms with E-state index in [2.05, 4.69) is 22.5 Å². The summed E-state index contributed by atoms with van der Waals surface area (Å²) in [6.45, 7) is 3.62. The van der Waals surface area contributed by atoms with Crippen LogP contribution in [0.2, 0.25) is 0 Å². The largest absolute Gasteiger partial charge is 0.507 e. The number of aromatic hydroxyl groups is 1. The fraction of sp³-hybridized carbons (Fsp3) is 0. The van der Waals surface area contributed by atoms with Crippen LogP contribution in [0.25, 0.3) is 17.0 Å². The number of hydrogen-bond acceptors (Lipinski definition) is 3. The summed E-state index contributed by atoms with van der Waals surface area (Å²) in [5, 5.41) is 10.2. The maximum absolute atomic E-state index is 11.2. The first-order valence-corrected chi connectivity index (χ1v) is 5.00. The monoisotopic (exact) mass is 493 g/mol. The molecule has 0 aliphatic heterocycles. The van der Waals surface area contributed by atoms with Crippen LogP contribution >= 0.6 is 15.9 Å². The Morgan fingerprint density at radius 1 is 1.38 bits per heavy atom. The van der Waals surface area contributed by atoms with Gasteiger partial charge in [0, 0.05) is 61.6 Å². The minimum atomic E-state index is -0.459. The number of fused-ring (bicyclic) bond motifs is 1. The SMILES string of the molecule is C=Cc1cc(=O)oc2cc(O)c(Br)cc12.[Ac]. The molecule has 3 nitrogen and oxygen atoms in total. The van der Waals surface area contributed by atoms with E-state index < -0.39 is 5.63 Å². The summed E-state index contributed by atoms with van der Waals surface area (Å²) in [5.41, 5.74) is 0.569. The fourth-order valence-electron chi connectivity index (χ4n) is 1.36. The molecule has 0 amide bonds. The summed E-state index contributed by atoms with van der Waals surface area (Å²) in [6.07, 6.45) is 1.57. The van der Waals surface area contributed by atoms with E-state index >= 15 is 0 Å². The van der Waals surface area contributed by atoms with Crippen molar-refractivity contribution in [2.45, 2.75) is 0 Å². The summed E-state index contributed by atoms with van der Waals surface area (Å²) < 4.78 is 5.50. The third-order valence-electron chi connectivity index (χ3n) is 2.06. The molecule has 0 saturated carbocycles. The molecule has 1 N–H and O–H groups in total. The molecule has 0 unspecified atom stereocenters. The molecule has 2 aromatic rings. The van der Waals surface area contributed by atoms with Gasteiger partial charge in [0.15, 0.2) is 0 Å². The average molecular weight is 494 g/mol. The second kappa shape index (κ2) is 5.48. The van der Waals surface area contributed by atoms with Gasteiger partial charge >= 0.3 is 5.63 Å². The van der Waals surface area contributed by atoms with Gasteiger partial charge in [-0.15, -0.1) is 0 Å². The first kappa shape index (κ1) is 14.0. The molecule has 1 heterocycles. The number of hydrogen-bond donors (Lipinski definition) is 1. The van der Waals surface area contributed by atoms with Crippen LogP contribution in [0.3, 0.4) is 0 Å². The number of halogens is 1. The van der Waals surface area contributed by atoms with Crippen molar-refractivity contribution in [3.05, 3.63) is 45.2 Å². The van der Waals surface area contributed by atoms with Crippen LogP contribution in [-0.4, -0.2) is 5.11 Å². The molecule has 0 atom stereocenters. The van der Waals surface area contributed by atoms with E-state index in [1.165, 1.54) is 12.1 Å². The van der Waals surface area contributed by atoms with Crippen LogP contribution in [0.15, 0.2) is 38.5 Å². The van der Waals surface area contributed by atoms with Crippen molar-refractivity contribution in [2.24, 2.45) is 0 Å². The van der Waals surface area contributed by atoms with Crippen LogP contribution in [0.1, 0.15) is 5.56 Å². The van der Waals surface area contributed by atoms with E-state index in [0.29, 0.717) is 15.6 Å². The minimum Gasteiger partial charge on any atom is -0.507 e. The Hall–Kier alpha value is -0.108. The van der Waals surface area contributed by atoms with Gasteiger partial charge in [0.25, 0.3) is 0 Å². The number of phenolic OH excluding ortho intramolecular Hbond substituents is 1. The van der Waals surface area contributed by atoms with Crippen molar-refractivity contribution >= 4 is 33.0 Å². The number of phenols is 1. The molecular formula is C11H7AcBrO3. The standard InChI is InChI=1S/C11H7BrO3.Ac/c1-2-6-3-11(14)15-10-5-9(13)8(12)4-7(6)10;/h2-5,13H,1H2;. The Labute approximate surface area is 136 Å². The Kier molecular flexibility index (Phi) is 4.78. The van der Waals surface area contributed by atoms with E-state index in [1.54, 1.807) is 12.1 Å². The van der Waals surface area contributed by atoms with E-state index in [1.807, 2.05) is 0 Å². The minimum absolute atomic E-state index is 0. The third-order valence-corrected chi connectivity index (χ3v) is 2.70. The molecule has 5 heteroatoms. The number of rotatable bonds is 1. The molecule has 1 aromatic carbocycles. The van der Waals surface area contributed by atoms with Crippen LogP contribution in [0, 0.1) is 44.1 Å². The zero-order chi connectivity index (χ0) is 11.0. The van der Waals surface area contributed by atoms with Gasteiger partial charge in [0.1, 0.15) is 11.3 Å². The fourth-order valence-corrected chi connectivity index (χ4v) is 1.71. The van der Waals surface area contributed by atoms with Gasteiger partial charge in [-0.3, -0.25) is 0 Å². The Balaban J connectivity index is 0.00000128. The molecule has 0 fully saturated rings. The summed E-state index contributed by atoms with van der Waals surface area (Å²) in [7, 11) is 0. The van der Waals surface area contributed by atoms with Gasteiger partial charge in [-0.1, -0.05) is 12.7 Å². The smallest absolute Gasteiger partial charge is 0.336 e. The zero-order valence-electron chi connectivity index (χ0n) is 8.24. The first-order chi connectivity index (χ1) is 7.11. The summed E-state index contributed by atoms with van der Waals surface area (Å²) >= 11 is 3.19. The van der Waals surface area contributed by atoms with E-state index in [0.717, 1.165) is 5.39 Å². The van der Waals surface area contributed by atoms with Crippen molar-refractivity contribution in [2.75, 3.05) is 0 Å². The number of benzene rings is 1. The first-order valence-electron chi connectivity index (χ1n) is 4.20. The quantitative estimate of drug-likeness (QED) is 0.621. The van der Waals surface area contributed by atoms with Gasteiger partial charge in [-0.05, 0) is 27.6 Å². The van der Waals surface area contributed by atoms with E-state index in [-0.39, 0.29) is 49.8 Å².